The largest absolute Gasteiger partial charge is 0.355 e. The zero-order valence-electron chi connectivity index (χ0n) is 16.6. The normalized spacial score (nSPS) is 20.1. The second-order valence-electron chi connectivity index (χ2n) is 8.11. The number of imidazole rings is 1. The first-order chi connectivity index (χ1) is 13.6. The van der Waals surface area contributed by atoms with E-state index in [4.69, 9.17) is 5.10 Å². The van der Waals surface area contributed by atoms with Crippen LogP contribution in [0.15, 0.2) is 36.8 Å². The van der Waals surface area contributed by atoms with Crippen LogP contribution >= 0.6 is 11.3 Å². The molecule has 0 radical (unpaired) electrons. The van der Waals surface area contributed by atoms with Crippen LogP contribution in [0.5, 0.6) is 0 Å². The summed E-state index contributed by atoms with van der Waals surface area (Å²) < 4.78 is 3.27. The first kappa shape index (κ1) is 17.6. The Labute approximate surface area is 169 Å². The van der Waals surface area contributed by atoms with Gasteiger partial charge in [0.15, 0.2) is 5.65 Å². The number of hydrogen-bond donors (Lipinski definition) is 0. The van der Waals surface area contributed by atoms with Gasteiger partial charge in [-0.15, -0.1) is 16.4 Å². The van der Waals surface area contributed by atoms with Crippen molar-refractivity contribution >= 4 is 32.9 Å². The highest BCUT2D eigenvalue weighted by molar-refractivity contribution is 7.22. The maximum atomic E-state index is 4.97. The molecule has 0 aliphatic heterocycles. The van der Waals surface area contributed by atoms with Crippen molar-refractivity contribution in [2.45, 2.75) is 45.6 Å². The maximum Gasteiger partial charge on any atom is 0.154 e. The maximum absolute atomic E-state index is 4.97. The Bertz CT molecular complexity index is 1140. The summed E-state index contributed by atoms with van der Waals surface area (Å²) in [5.41, 5.74) is 3.14. The summed E-state index contributed by atoms with van der Waals surface area (Å²) in [5.74, 6) is 1.87. The van der Waals surface area contributed by atoms with Gasteiger partial charge in [-0.05, 0) is 62.3 Å². The Balaban J connectivity index is 1.53. The van der Waals surface area contributed by atoms with Crippen molar-refractivity contribution in [2.75, 3.05) is 11.9 Å². The third-order valence-corrected chi connectivity index (χ3v) is 7.40. The Morgan fingerprint density at radius 2 is 1.93 bits per heavy atom. The molecule has 28 heavy (non-hydrogen) atoms. The number of pyridine rings is 1. The quantitative estimate of drug-likeness (QED) is 0.474. The SMILES string of the molecule is Cc1cncc2cc(-c3cnc4ccc(N(C)[C@H]5CC[C@H](C)CC5)nn34)sc12. The van der Waals surface area contributed by atoms with Gasteiger partial charge in [-0.2, -0.15) is 0 Å². The van der Waals surface area contributed by atoms with Gasteiger partial charge in [0, 0.05) is 35.6 Å². The highest BCUT2D eigenvalue weighted by Gasteiger charge is 2.23. The number of aryl methyl sites for hydroxylation is 1. The average molecular weight is 392 g/mol. The predicted molar refractivity (Wildman–Crippen MR) is 116 cm³/mol. The van der Waals surface area contributed by atoms with E-state index in [2.05, 4.69) is 54.0 Å². The smallest absolute Gasteiger partial charge is 0.154 e. The van der Waals surface area contributed by atoms with E-state index in [0.29, 0.717) is 6.04 Å². The van der Waals surface area contributed by atoms with E-state index in [0.717, 1.165) is 23.1 Å². The number of rotatable bonds is 3. The lowest BCUT2D eigenvalue weighted by Gasteiger charge is -2.34. The standard InChI is InChI=1S/C22H25N5S/c1-14-4-6-17(7-5-14)26(3)21-9-8-20-24-13-18(27(20)25-21)19-10-16-12-23-11-15(2)22(16)28-19/h8-14,17H,4-7H2,1-3H3/t14-,17-. The molecule has 0 unspecified atom stereocenters. The van der Waals surface area contributed by atoms with Crippen LogP contribution in [0.1, 0.15) is 38.2 Å². The summed E-state index contributed by atoms with van der Waals surface area (Å²) >= 11 is 1.78. The Hall–Kier alpha value is -2.47. The van der Waals surface area contributed by atoms with Crippen molar-refractivity contribution < 1.29 is 0 Å². The van der Waals surface area contributed by atoms with Gasteiger partial charge in [0.2, 0.25) is 0 Å². The van der Waals surface area contributed by atoms with Crippen LogP contribution < -0.4 is 4.90 Å². The molecule has 4 aromatic rings. The van der Waals surface area contributed by atoms with Gasteiger partial charge in [-0.3, -0.25) is 4.98 Å². The van der Waals surface area contributed by atoms with Crippen LogP contribution in [-0.2, 0) is 0 Å². The molecule has 0 saturated heterocycles. The Morgan fingerprint density at radius 1 is 1.11 bits per heavy atom. The lowest BCUT2D eigenvalue weighted by molar-refractivity contribution is 0.339. The number of nitrogens with zero attached hydrogens (tertiary/aromatic N) is 5. The lowest BCUT2D eigenvalue weighted by Crippen LogP contribution is -2.35. The summed E-state index contributed by atoms with van der Waals surface area (Å²) in [6.07, 6.45) is 10.9. The van der Waals surface area contributed by atoms with E-state index in [-0.39, 0.29) is 0 Å². The molecular formula is C22H25N5S. The van der Waals surface area contributed by atoms with Gasteiger partial charge in [-0.25, -0.2) is 9.50 Å². The van der Waals surface area contributed by atoms with E-state index in [9.17, 15) is 0 Å². The van der Waals surface area contributed by atoms with Crippen LogP contribution in [0, 0.1) is 12.8 Å². The third kappa shape index (κ3) is 2.96. The molecule has 0 bridgehead atoms. The summed E-state index contributed by atoms with van der Waals surface area (Å²) in [6.45, 7) is 4.47. The lowest BCUT2D eigenvalue weighted by atomic mass is 9.87. The molecule has 5 rings (SSSR count). The molecule has 0 N–H and O–H groups in total. The number of thiophene rings is 1. The average Bonchev–Trinajstić information content (AvgIpc) is 3.32. The summed E-state index contributed by atoms with van der Waals surface area (Å²) in [4.78, 5) is 12.4. The fraction of sp³-hybridized carbons (Fsp3) is 0.409. The molecule has 0 aromatic carbocycles. The van der Waals surface area contributed by atoms with Crippen molar-refractivity contribution in [1.29, 1.82) is 0 Å². The Morgan fingerprint density at radius 3 is 2.71 bits per heavy atom. The molecule has 0 amide bonds. The fourth-order valence-corrected chi connectivity index (χ4v) is 5.35. The van der Waals surface area contributed by atoms with Gasteiger partial charge in [0.1, 0.15) is 11.5 Å². The fourth-order valence-electron chi connectivity index (χ4n) is 4.26. The number of aromatic nitrogens is 4. The molecule has 4 heterocycles. The molecule has 4 aromatic heterocycles. The van der Waals surface area contributed by atoms with Crippen LogP contribution in [0.4, 0.5) is 5.82 Å². The van der Waals surface area contributed by atoms with Gasteiger partial charge >= 0.3 is 0 Å². The molecule has 1 saturated carbocycles. The van der Waals surface area contributed by atoms with Gasteiger partial charge in [-0.1, -0.05) is 6.92 Å². The highest BCUT2D eigenvalue weighted by Crippen LogP contribution is 2.35. The molecule has 1 aliphatic carbocycles. The molecule has 6 heteroatoms. The van der Waals surface area contributed by atoms with Crippen molar-refractivity contribution in [3.05, 3.63) is 42.4 Å². The summed E-state index contributed by atoms with van der Waals surface area (Å²) in [5, 5.41) is 6.15. The Kier molecular flexibility index (Phi) is 4.31. The number of anilines is 1. The molecular weight excluding hydrogens is 366 g/mol. The van der Waals surface area contributed by atoms with Crippen molar-refractivity contribution in [2.24, 2.45) is 5.92 Å². The summed E-state index contributed by atoms with van der Waals surface area (Å²) in [7, 11) is 2.18. The second kappa shape index (κ2) is 6.85. The molecule has 144 valence electrons. The molecule has 0 spiro atoms. The minimum absolute atomic E-state index is 0.575. The van der Waals surface area contributed by atoms with E-state index < -0.39 is 0 Å². The molecule has 1 aliphatic rings. The van der Waals surface area contributed by atoms with Gasteiger partial charge < -0.3 is 4.90 Å². The first-order valence-electron chi connectivity index (χ1n) is 10.0. The van der Waals surface area contributed by atoms with Crippen LogP contribution in [-0.4, -0.2) is 32.7 Å². The number of hydrogen-bond acceptors (Lipinski definition) is 5. The van der Waals surface area contributed by atoms with Crippen LogP contribution in [0.3, 0.4) is 0 Å². The first-order valence-corrected chi connectivity index (χ1v) is 10.8. The zero-order chi connectivity index (χ0) is 19.3. The van der Waals surface area contributed by atoms with Crippen molar-refractivity contribution in [3.8, 4) is 10.6 Å². The third-order valence-electron chi connectivity index (χ3n) is 6.10. The number of fused-ring (bicyclic) bond motifs is 2. The minimum Gasteiger partial charge on any atom is -0.355 e. The van der Waals surface area contributed by atoms with Gasteiger partial charge in [0.25, 0.3) is 0 Å². The molecule has 0 atom stereocenters. The van der Waals surface area contributed by atoms with Crippen LogP contribution in [0.2, 0.25) is 0 Å². The van der Waals surface area contributed by atoms with E-state index in [1.807, 2.05) is 23.1 Å². The summed E-state index contributed by atoms with van der Waals surface area (Å²) in [6, 6.07) is 6.95. The predicted octanol–water partition coefficient (Wildman–Crippen LogP) is 5.33. The van der Waals surface area contributed by atoms with E-state index in [1.54, 1.807) is 11.3 Å². The van der Waals surface area contributed by atoms with E-state index in [1.165, 1.54) is 46.2 Å². The van der Waals surface area contributed by atoms with Crippen molar-refractivity contribution in [3.63, 3.8) is 0 Å². The second-order valence-corrected chi connectivity index (χ2v) is 9.17. The minimum atomic E-state index is 0.575. The monoisotopic (exact) mass is 391 g/mol. The molecule has 5 nitrogen and oxygen atoms in total. The van der Waals surface area contributed by atoms with Crippen molar-refractivity contribution in [1.82, 2.24) is 19.6 Å². The highest BCUT2D eigenvalue weighted by atomic mass is 32.1. The van der Waals surface area contributed by atoms with Crippen LogP contribution in [0.25, 0.3) is 26.3 Å². The van der Waals surface area contributed by atoms with Gasteiger partial charge in [0.05, 0.1) is 11.1 Å². The van der Waals surface area contributed by atoms with E-state index >= 15 is 0 Å². The molecule has 1 fully saturated rings. The topological polar surface area (TPSA) is 46.3 Å². The zero-order valence-corrected chi connectivity index (χ0v) is 17.4.